The van der Waals surface area contributed by atoms with Crippen LogP contribution < -0.4 is 22.9 Å². The number of hydrogen-bond donors (Lipinski definition) is 4. The Balaban J connectivity index is 4.09. The summed E-state index contributed by atoms with van der Waals surface area (Å²) < 4.78 is 8.54. The molecule has 2 atom stereocenters. The number of hydrogen-bond acceptors (Lipinski definition) is 9. The topological polar surface area (TPSA) is 174 Å². The van der Waals surface area contributed by atoms with E-state index in [1.807, 2.05) is 0 Å². The first-order valence-corrected chi connectivity index (χ1v) is 6.31. The Morgan fingerprint density at radius 3 is 1.45 bits per heavy atom. The molecule has 9 nitrogen and oxygen atoms in total. The molecule has 0 aliphatic heterocycles. The normalized spacial score (nSPS) is 13.4. The van der Waals surface area contributed by atoms with Gasteiger partial charge in [0.15, 0.2) is 0 Å². The highest BCUT2D eigenvalue weighted by Crippen LogP contribution is 2.00. The molecular formula is C11H22N4O5. The van der Waals surface area contributed by atoms with Crippen molar-refractivity contribution in [1.82, 2.24) is 0 Å². The van der Waals surface area contributed by atoms with Crippen molar-refractivity contribution in [2.75, 3.05) is 13.1 Å². The Morgan fingerprint density at radius 2 is 1.15 bits per heavy atom. The van der Waals surface area contributed by atoms with Crippen molar-refractivity contribution >= 4 is 18.1 Å². The first-order valence-electron chi connectivity index (χ1n) is 6.31. The van der Waals surface area contributed by atoms with E-state index in [1.165, 1.54) is 0 Å². The van der Waals surface area contributed by atoms with Crippen molar-refractivity contribution in [2.24, 2.45) is 22.9 Å². The van der Waals surface area contributed by atoms with E-state index in [0.717, 1.165) is 0 Å². The van der Waals surface area contributed by atoms with Gasteiger partial charge < -0.3 is 32.4 Å². The SMILES string of the molecule is NCCC[C@@H](N)C(=O)OC(=O)OC(=O)[C@H](N)CCCN. The van der Waals surface area contributed by atoms with E-state index in [1.54, 1.807) is 0 Å². The maximum atomic E-state index is 11.3. The van der Waals surface area contributed by atoms with E-state index >= 15 is 0 Å². The van der Waals surface area contributed by atoms with Gasteiger partial charge in [-0.1, -0.05) is 0 Å². The van der Waals surface area contributed by atoms with E-state index in [9.17, 15) is 14.4 Å². The number of esters is 2. The third-order valence-corrected chi connectivity index (χ3v) is 2.41. The average Bonchev–Trinajstić information content (AvgIpc) is 2.41. The zero-order valence-corrected chi connectivity index (χ0v) is 11.2. The summed E-state index contributed by atoms with van der Waals surface area (Å²) in [4.78, 5) is 33.8. The van der Waals surface area contributed by atoms with E-state index in [4.69, 9.17) is 22.9 Å². The Bertz CT molecular complexity index is 307. The highest BCUT2D eigenvalue weighted by atomic mass is 16.8. The van der Waals surface area contributed by atoms with Crippen LogP contribution >= 0.6 is 0 Å². The van der Waals surface area contributed by atoms with Crippen LogP contribution in [0.4, 0.5) is 4.79 Å². The van der Waals surface area contributed by atoms with Crippen molar-refractivity contribution in [3.63, 3.8) is 0 Å². The molecule has 8 N–H and O–H groups in total. The third kappa shape index (κ3) is 7.79. The standard InChI is InChI=1S/C11H22N4O5/c12-5-1-3-7(14)9(16)19-11(18)20-10(17)8(15)4-2-6-13/h7-8H,1-6,12-15H2/t7-,8-/m1/s1. The molecule has 116 valence electrons. The number of carbonyl (C=O) groups excluding carboxylic acids is 3. The second kappa shape index (κ2) is 10.3. The second-order valence-electron chi connectivity index (χ2n) is 4.17. The summed E-state index contributed by atoms with van der Waals surface area (Å²) in [6.45, 7) is 0.722. The summed E-state index contributed by atoms with van der Waals surface area (Å²) in [5, 5.41) is 0. The largest absolute Gasteiger partial charge is 0.524 e. The Labute approximate surface area is 116 Å². The predicted octanol–water partition coefficient (Wildman–Crippen LogP) is -1.67. The Morgan fingerprint density at radius 1 is 0.800 bits per heavy atom. The van der Waals surface area contributed by atoms with Gasteiger partial charge in [0.05, 0.1) is 0 Å². The van der Waals surface area contributed by atoms with Gasteiger partial charge in [-0.3, -0.25) is 0 Å². The molecule has 0 saturated carbocycles. The average molecular weight is 290 g/mol. The van der Waals surface area contributed by atoms with Gasteiger partial charge in [0.25, 0.3) is 0 Å². The minimum Gasteiger partial charge on any atom is -0.359 e. The molecule has 0 aliphatic rings. The summed E-state index contributed by atoms with van der Waals surface area (Å²) in [7, 11) is 0. The molecule has 0 aliphatic carbocycles. The van der Waals surface area contributed by atoms with Crippen LogP contribution in [0.5, 0.6) is 0 Å². The monoisotopic (exact) mass is 290 g/mol. The number of nitrogens with two attached hydrogens (primary N) is 4. The highest BCUT2D eigenvalue weighted by Gasteiger charge is 2.24. The van der Waals surface area contributed by atoms with Gasteiger partial charge in [-0.05, 0) is 38.8 Å². The predicted molar refractivity (Wildman–Crippen MR) is 70.1 cm³/mol. The molecular weight excluding hydrogens is 268 g/mol. The fourth-order valence-corrected chi connectivity index (χ4v) is 1.25. The number of rotatable bonds is 8. The van der Waals surface area contributed by atoms with Crippen LogP contribution in [0.2, 0.25) is 0 Å². The van der Waals surface area contributed by atoms with Gasteiger partial charge in [-0.25, -0.2) is 14.4 Å². The fraction of sp³-hybridized carbons (Fsp3) is 0.727. The van der Waals surface area contributed by atoms with Gasteiger partial charge >= 0.3 is 18.1 Å². The van der Waals surface area contributed by atoms with E-state index in [0.29, 0.717) is 25.9 Å². The highest BCUT2D eigenvalue weighted by molar-refractivity contribution is 5.91. The van der Waals surface area contributed by atoms with Gasteiger partial charge in [0.1, 0.15) is 12.1 Å². The van der Waals surface area contributed by atoms with E-state index in [-0.39, 0.29) is 12.8 Å². The molecule has 0 bridgehead atoms. The molecule has 0 aromatic carbocycles. The zero-order valence-electron chi connectivity index (χ0n) is 11.2. The lowest BCUT2D eigenvalue weighted by atomic mass is 10.2. The second-order valence-corrected chi connectivity index (χ2v) is 4.17. The maximum Gasteiger partial charge on any atom is 0.524 e. The molecule has 20 heavy (non-hydrogen) atoms. The van der Waals surface area contributed by atoms with Crippen molar-refractivity contribution in [2.45, 2.75) is 37.8 Å². The van der Waals surface area contributed by atoms with Crippen molar-refractivity contribution in [1.29, 1.82) is 0 Å². The van der Waals surface area contributed by atoms with E-state index in [2.05, 4.69) is 9.47 Å². The van der Waals surface area contributed by atoms with Gasteiger partial charge in [-0.2, -0.15) is 0 Å². The van der Waals surface area contributed by atoms with Crippen molar-refractivity contribution in [3.8, 4) is 0 Å². The lowest BCUT2D eigenvalue weighted by molar-refractivity contribution is -0.148. The molecule has 9 heteroatoms. The molecule has 0 fully saturated rings. The third-order valence-electron chi connectivity index (χ3n) is 2.41. The molecule has 0 amide bonds. The molecule has 0 heterocycles. The molecule has 0 aromatic heterocycles. The fourth-order valence-electron chi connectivity index (χ4n) is 1.25. The summed E-state index contributed by atoms with van der Waals surface area (Å²) >= 11 is 0. The molecule has 0 aromatic rings. The summed E-state index contributed by atoms with van der Waals surface area (Å²) in [5.41, 5.74) is 21.4. The van der Waals surface area contributed by atoms with Crippen molar-refractivity contribution in [3.05, 3.63) is 0 Å². The molecule has 0 saturated heterocycles. The number of ether oxygens (including phenoxy) is 2. The quantitative estimate of drug-likeness (QED) is 0.300. The molecule has 0 radical (unpaired) electrons. The number of carbonyl (C=O) groups is 3. The van der Waals surface area contributed by atoms with E-state index < -0.39 is 30.2 Å². The Hall–Kier alpha value is -1.55. The molecule has 0 spiro atoms. The molecule has 0 rings (SSSR count). The van der Waals surface area contributed by atoms with Gasteiger partial charge in [-0.15, -0.1) is 0 Å². The summed E-state index contributed by atoms with van der Waals surface area (Å²) in [6, 6.07) is -1.99. The minimum atomic E-state index is -1.44. The first kappa shape index (κ1) is 18.4. The smallest absolute Gasteiger partial charge is 0.359 e. The van der Waals surface area contributed by atoms with Crippen LogP contribution in [0.25, 0.3) is 0 Å². The Kier molecular flexibility index (Phi) is 9.47. The van der Waals surface area contributed by atoms with Gasteiger partial charge in [0, 0.05) is 0 Å². The minimum absolute atomic E-state index is 0.270. The van der Waals surface area contributed by atoms with Crippen LogP contribution in [-0.2, 0) is 19.1 Å². The van der Waals surface area contributed by atoms with Crippen LogP contribution in [-0.4, -0.2) is 43.3 Å². The lowest BCUT2D eigenvalue weighted by Gasteiger charge is -2.11. The maximum absolute atomic E-state index is 11.3. The van der Waals surface area contributed by atoms with Crippen LogP contribution in [0.3, 0.4) is 0 Å². The lowest BCUT2D eigenvalue weighted by Crippen LogP contribution is -2.37. The summed E-state index contributed by atoms with van der Waals surface area (Å²) in [6.07, 6.45) is 0.119. The zero-order chi connectivity index (χ0) is 15.5. The van der Waals surface area contributed by atoms with Gasteiger partial charge in [0.2, 0.25) is 0 Å². The first-order chi connectivity index (χ1) is 9.42. The van der Waals surface area contributed by atoms with Crippen LogP contribution in [0.1, 0.15) is 25.7 Å². The van der Waals surface area contributed by atoms with Crippen molar-refractivity contribution < 1.29 is 23.9 Å². The van der Waals surface area contributed by atoms with Crippen LogP contribution in [0.15, 0.2) is 0 Å². The summed E-state index contributed by atoms with van der Waals surface area (Å²) in [5.74, 6) is -1.96. The molecule has 0 unspecified atom stereocenters. The van der Waals surface area contributed by atoms with Crippen LogP contribution in [0, 0.1) is 0 Å².